The Bertz CT molecular complexity index is 644. The van der Waals surface area contributed by atoms with Crippen molar-refractivity contribution in [2.24, 2.45) is 13.0 Å². The number of piperidine rings is 1. The van der Waals surface area contributed by atoms with Gasteiger partial charge in [0.15, 0.2) is 0 Å². The van der Waals surface area contributed by atoms with Gasteiger partial charge in [0.1, 0.15) is 0 Å². The molecule has 0 aliphatic carbocycles. The minimum absolute atomic E-state index is 0.00933. The molecule has 0 spiro atoms. The van der Waals surface area contributed by atoms with Crippen LogP contribution in [0.15, 0.2) is 6.20 Å². The number of carbonyl (C=O) groups is 2. The number of hydrogen-bond donors (Lipinski definition) is 4. The van der Waals surface area contributed by atoms with E-state index in [-0.39, 0.29) is 30.0 Å². The summed E-state index contributed by atoms with van der Waals surface area (Å²) < 4.78 is 1.80. The summed E-state index contributed by atoms with van der Waals surface area (Å²) in [5.74, 6) is -0.129. The fourth-order valence-corrected chi connectivity index (χ4v) is 4.02. The highest BCUT2D eigenvalue weighted by Gasteiger charge is 2.33. The summed E-state index contributed by atoms with van der Waals surface area (Å²) in [7, 11) is 1.87. The molecule has 3 rings (SSSR count). The van der Waals surface area contributed by atoms with E-state index in [9.17, 15) is 14.7 Å². The van der Waals surface area contributed by atoms with Crippen molar-refractivity contribution in [2.45, 2.75) is 63.6 Å². The summed E-state index contributed by atoms with van der Waals surface area (Å²) in [4.78, 5) is 23.7. The van der Waals surface area contributed by atoms with Crippen molar-refractivity contribution in [2.75, 3.05) is 5.32 Å². The first-order valence-corrected chi connectivity index (χ1v) is 9.04. The molecule has 3 heterocycles. The average Bonchev–Trinajstić information content (AvgIpc) is 2.93. The Kier molecular flexibility index (Phi) is 5.27. The molecule has 4 N–H and O–H groups in total. The zero-order valence-corrected chi connectivity index (χ0v) is 14.8. The number of hydrogen-bond acceptors (Lipinski definition) is 4. The molecule has 2 amide bonds. The molecule has 0 radical (unpaired) electrons. The van der Waals surface area contributed by atoms with Crippen LogP contribution in [0.3, 0.4) is 0 Å². The van der Waals surface area contributed by atoms with Gasteiger partial charge < -0.3 is 21.1 Å². The van der Waals surface area contributed by atoms with E-state index in [2.05, 4.69) is 21.0 Å². The molecule has 2 aliphatic heterocycles. The van der Waals surface area contributed by atoms with Crippen molar-refractivity contribution >= 4 is 17.7 Å². The molecular weight excluding hydrogens is 322 g/mol. The highest BCUT2D eigenvalue weighted by Crippen LogP contribution is 2.32. The second-order valence-electron chi connectivity index (χ2n) is 7.20. The van der Waals surface area contributed by atoms with Crippen molar-refractivity contribution in [3.8, 4) is 0 Å². The summed E-state index contributed by atoms with van der Waals surface area (Å²) in [6, 6.07) is -0.0101. The molecule has 8 nitrogen and oxygen atoms in total. The Balaban J connectivity index is 1.92. The van der Waals surface area contributed by atoms with E-state index in [1.807, 2.05) is 14.0 Å². The van der Waals surface area contributed by atoms with Gasteiger partial charge in [-0.3, -0.25) is 9.48 Å². The summed E-state index contributed by atoms with van der Waals surface area (Å²) in [6.07, 6.45) is 5.86. The minimum atomic E-state index is -0.993. The van der Waals surface area contributed by atoms with E-state index in [4.69, 9.17) is 0 Å². The van der Waals surface area contributed by atoms with Crippen LogP contribution in [-0.4, -0.2) is 39.0 Å². The second kappa shape index (κ2) is 7.43. The van der Waals surface area contributed by atoms with E-state index in [0.29, 0.717) is 0 Å². The second-order valence-corrected chi connectivity index (χ2v) is 7.20. The number of aromatic nitrogens is 2. The number of rotatable bonds is 1. The van der Waals surface area contributed by atoms with Crippen molar-refractivity contribution in [1.29, 1.82) is 0 Å². The molecule has 1 aromatic rings. The maximum absolute atomic E-state index is 12.5. The number of nitrogens with one attached hydrogen (secondary N) is 3. The third-order valence-corrected chi connectivity index (χ3v) is 5.39. The average molecular weight is 349 g/mol. The summed E-state index contributed by atoms with van der Waals surface area (Å²) >= 11 is 0. The maximum Gasteiger partial charge on any atom is 0.404 e. The Morgan fingerprint density at radius 1 is 1.32 bits per heavy atom. The number of nitrogens with zero attached hydrogens (tertiary/aromatic N) is 2. The molecule has 8 heteroatoms. The standard InChI is InChI=1S/C17H27N5O3/c1-10-5-3-6-12(21-17(24)25)11-7-4-8-13(19-11)15-14(20-16(10)23)9-18-22(15)2/h9-13,19,21H,3-8H2,1-2H3,(H,20,23)(H,24,25)/t10-,11?,12+,13?/m1/s1. The highest BCUT2D eigenvalue weighted by molar-refractivity contribution is 5.92. The largest absolute Gasteiger partial charge is 0.465 e. The summed E-state index contributed by atoms with van der Waals surface area (Å²) in [5.41, 5.74) is 1.71. The maximum atomic E-state index is 12.5. The number of carboxylic acid groups (broad SMARTS) is 1. The predicted octanol–water partition coefficient (Wildman–Crippen LogP) is 2.00. The van der Waals surface area contributed by atoms with Gasteiger partial charge in [0.25, 0.3) is 0 Å². The number of fused-ring (bicyclic) bond motifs is 4. The van der Waals surface area contributed by atoms with Crippen molar-refractivity contribution in [3.05, 3.63) is 11.9 Å². The molecular formula is C17H27N5O3. The van der Waals surface area contributed by atoms with Gasteiger partial charge in [-0.05, 0) is 32.1 Å². The zero-order chi connectivity index (χ0) is 18.0. The van der Waals surface area contributed by atoms with E-state index < -0.39 is 6.09 Å². The fraction of sp³-hybridized carbons (Fsp3) is 0.706. The first-order valence-electron chi connectivity index (χ1n) is 9.04. The fourth-order valence-electron chi connectivity index (χ4n) is 4.02. The molecule has 2 aliphatic rings. The number of amides is 2. The summed E-state index contributed by atoms with van der Waals surface area (Å²) in [6.45, 7) is 1.91. The Morgan fingerprint density at radius 2 is 2.08 bits per heavy atom. The monoisotopic (exact) mass is 349 g/mol. The van der Waals surface area contributed by atoms with Crippen LogP contribution >= 0.6 is 0 Å². The van der Waals surface area contributed by atoms with Crippen LogP contribution in [0, 0.1) is 5.92 Å². The lowest BCUT2D eigenvalue weighted by molar-refractivity contribution is -0.119. The van der Waals surface area contributed by atoms with Crippen LogP contribution in [-0.2, 0) is 11.8 Å². The van der Waals surface area contributed by atoms with Gasteiger partial charge in [0.2, 0.25) is 5.91 Å². The predicted molar refractivity (Wildman–Crippen MR) is 93.3 cm³/mol. The van der Waals surface area contributed by atoms with Crippen LogP contribution in [0.25, 0.3) is 0 Å². The van der Waals surface area contributed by atoms with Crippen molar-refractivity contribution in [1.82, 2.24) is 20.4 Å². The Hall–Kier alpha value is -2.09. The van der Waals surface area contributed by atoms with Gasteiger partial charge in [-0.25, -0.2) is 4.79 Å². The van der Waals surface area contributed by atoms with Gasteiger partial charge >= 0.3 is 6.09 Å². The molecule has 1 saturated heterocycles. The normalized spacial score (nSPS) is 30.4. The first-order chi connectivity index (χ1) is 12.0. The Labute approximate surface area is 147 Å². The first kappa shape index (κ1) is 17.7. The van der Waals surface area contributed by atoms with Crippen molar-refractivity contribution < 1.29 is 14.7 Å². The zero-order valence-electron chi connectivity index (χ0n) is 14.8. The lowest BCUT2D eigenvalue weighted by Gasteiger charge is -2.37. The Morgan fingerprint density at radius 3 is 2.84 bits per heavy atom. The smallest absolute Gasteiger partial charge is 0.404 e. The van der Waals surface area contributed by atoms with Crippen LogP contribution in [0.2, 0.25) is 0 Å². The summed E-state index contributed by atoms with van der Waals surface area (Å²) in [5, 5.41) is 22.8. The third-order valence-electron chi connectivity index (χ3n) is 5.39. The lowest BCUT2D eigenvalue weighted by Crippen LogP contribution is -2.52. The minimum Gasteiger partial charge on any atom is -0.465 e. The lowest BCUT2D eigenvalue weighted by atomic mass is 9.88. The van der Waals surface area contributed by atoms with Crippen LogP contribution < -0.4 is 16.0 Å². The van der Waals surface area contributed by atoms with Gasteiger partial charge in [-0.2, -0.15) is 5.10 Å². The van der Waals surface area contributed by atoms with E-state index >= 15 is 0 Å². The van der Waals surface area contributed by atoms with Gasteiger partial charge in [0.05, 0.1) is 23.6 Å². The molecule has 2 bridgehead atoms. The molecule has 0 saturated carbocycles. The quantitative estimate of drug-likeness (QED) is 0.620. The van der Waals surface area contributed by atoms with Crippen LogP contribution in [0.4, 0.5) is 10.5 Å². The number of aryl methyl sites for hydroxylation is 1. The van der Waals surface area contributed by atoms with Gasteiger partial charge in [0, 0.05) is 25.0 Å². The van der Waals surface area contributed by atoms with Crippen molar-refractivity contribution in [3.63, 3.8) is 0 Å². The van der Waals surface area contributed by atoms with Crippen LogP contribution in [0.1, 0.15) is 57.2 Å². The van der Waals surface area contributed by atoms with E-state index in [1.165, 1.54) is 0 Å². The molecule has 25 heavy (non-hydrogen) atoms. The topological polar surface area (TPSA) is 108 Å². The highest BCUT2D eigenvalue weighted by atomic mass is 16.4. The van der Waals surface area contributed by atoms with E-state index in [0.717, 1.165) is 49.9 Å². The van der Waals surface area contributed by atoms with E-state index in [1.54, 1.807) is 10.9 Å². The molecule has 4 atom stereocenters. The van der Waals surface area contributed by atoms with Crippen LogP contribution in [0.5, 0.6) is 0 Å². The third kappa shape index (κ3) is 3.95. The molecule has 2 unspecified atom stereocenters. The number of anilines is 1. The molecule has 138 valence electrons. The van der Waals surface area contributed by atoms with Gasteiger partial charge in [-0.15, -0.1) is 0 Å². The number of carbonyl (C=O) groups excluding carboxylic acids is 1. The molecule has 0 aromatic carbocycles. The molecule has 1 aromatic heterocycles. The SMILES string of the molecule is C[C@@H]1CCC[C@H](NC(=O)O)C2CCCC(N2)c2c(cnn2C)NC1=O. The molecule has 1 fully saturated rings. The van der Waals surface area contributed by atoms with Gasteiger partial charge in [-0.1, -0.05) is 13.3 Å².